The summed E-state index contributed by atoms with van der Waals surface area (Å²) < 4.78 is 0. The van der Waals surface area contributed by atoms with Crippen molar-refractivity contribution < 1.29 is 0 Å². The van der Waals surface area contributed by atoms with E-state index in [1.54, 1.807) is 0 Å². The van der Waals surface area contributed by atoms with E-state index in [1.165, 1.54) is 11.1 Å². The van der Waals surface area contributed by atoms with Gasteiger partial charge < -0.3 is 16.1 Å². The molecule has 1 heterocycles. The molecule has 0 saturated heterocycles. The van der Waals surface area contributed by atoms with Crippen LogP contribution in [0, 0.1) is 0 Å². The molecule has 126 valence electrons. The number of thiocarbonyl (C=S) groups is 1. The quantitative estimate of drug-likeness (QED) is 0.735. The van der Waals surface area contributed by atoms with Crippen molar-refractivity contribution in [2.24, 2.45) is 0 Å². The molecule has 0 amide bonds. The van der Waals surface area contributed by atoms with Crippen LogP contribution in [0.3, 0.4) is 0 Å². The molecule has 0 bridgehead atoms. The molecule has 0 aliphatic carbocycles. The van der Waals surface area contributed by atoms with Crippen LogP contribution in [-0.2, 0) is 12.0 Å². The summed E-state index contributed by atoms with van der Waals surface area (Å²) in [5.41, 5.74) is 8.30. The Morgan fingerprint density at radius 3 is 2.50 bits per heavy atom. The molecule has 0 spiro atoms. The first kappa shape index (κ1) is 16.7. The van der Waals surface area contributed by atoms with Crippen molar-refractivity contribution in [2.75, 3.05) is 17.4 Å². The smallest absolute Gasteiger partial charge is 0.171 e. The van der Waals surface area contributed by atoms with Gasteiger partial charge in [-0.25, -0.2) is 0 Å². The Morgan fingerprint density at radius 2 is 1.83 bits per heavy atom. The summed E-state index contributed by atoms with van der Waals surface area (Å²) in [6.45, 7) is 8.14. The molecule has 0 unspecified atom stereocenters. The number of anilines is 2. The minimum absolute atomic E-state index is 0.160. The third-order valence-corrected chi connectivity index (χ3v) is 4.34. The zero-order valence-electron chi connectivity index (χ0n) is 14.4. The summed E-state index contributed by atoms with van der Waals surface area (Å²) in [6, 6.07) is 16.7. The number of nitrogens with zero attached hydrogens (tertiary/aromatic N) is 1. The first-order valence-corrected chi connectivity index (χ1v) is 8.57. The molecule has 24 heavy (non-hydrogen) atoms. The van der Waals surface area contributed by atoms with Crippen LogP contribution in [0.15, 0.2) is 48.5 Å². The number of rotatable bonds is 3. The monoisotopic (exact) mass is 340 g/mol. The van der Waals surface area contributed by atoms with Crippen LogP contribution in [0.2, 0.25) is 0 Å². The van der Waals surface area contributed by atoms with Crippen LogP contribution in [0.25, 0.3) is 0 Å². The highest BCUT2D eigenvalue weighted by molar-refractivity contribution is 7.80. The van der Waals surface area contributed by atoms with E-state index in [0.29, 0.717) is 11.8 Å². The van der Waals surface area contributed by atoms with Crippen molar-refractivity contribution in [3.05, 3.63) is 59.7 Å². The van der Waals surface area contributed by atoms with E-state index in [-0.39, 0.29) is 5.41 Å². The summed E-state index contributed by atoms with van der Waals surface area (Å²) in [7, 11) is 0. The standard InChI is InChI=1S/C19H24N4S/c1-19(2,3)15-8-10-16(11-9-15)21-18(24)20-13-23-12-14-6-4-5-7-17(14)22-23/h4-11,22H,12-13H2,1-3H3,(H2,20,21,24). The largest absolute Gasteiger partial charge is 0.348 e. The summed E-state index contributed by atoms with van der Waals surface area (Å²) in [5, 5.41) is 9.19. The molecule has 2 aromatic rings. The molecule has 5 heteroatoms. The molecule has 0 fully saturated rings. The second-order valence-corrected chi connectivity index (χ2v) is 7.49. The fourth-order valence-electron chi connectivity index (χ4n) is 2.67. The van der Waals surface area contributed by atoms with Gasteiger partial charge in [-0.2, -0.15) is 5.01 Å². The van der Waals surface area contributed by atoms with Crippen molar-refractivity contribution >= 4 is 28.7 Å². The lowest BCUT2D eigenvalue weighted by atomic mass is 9.87. The molecule has 3 N–H and O–H groups in total. The third-order valence-electron chi connectivity index (χ3n) is 4.10. The Bertz CT molecular complexity index is 694. The van der Waals surface area contributed by atoms with Crippen LogP contribution in [-0.4, -0.2) is 16.8 Å². The fraction of sp³-hybridized carbons (Fsp3) is 0.316. The summed E-state index contributed by atoms with van der Waals surface area (Å²) in [5.74, 6) is 0. The predicted octanol–water partition coefficient (Wildman–Crippen LogP) is 4.07. The lowest BCUT2D eigenvalue weighted by Gasteiger charge is -2.20. The average Bonchev–Trinajstić information content (AvgIpc) is 2.95. The van der Waals surface area contributed by atoms with Crippen LogP contribution in [0.5, 0.6) is 0 Å². The molecular formula is C19H24N4S. The molecule has 1 aliphatic heterocycles. The van der Waals surface area contributed by atoms with Crippen molar-refractivity contribution in [1.82, 2.24) is 10.3 Å². The van der Waals surface area contributed by atoms with Gasteiger partial charge >= 0.3 is 0 Å². The molecule has 0 aromatic heterocycles. The molecule has 2 aromatic carbocycles. The van der Waals surface area contributed by atoms with E-state index >= 15 is 0 Å². The first-order chi connectivity index (χ1) is 11.4. The van der Waals surface area contributed by atoms with Crippen molar-refractivity contribution in [2.45, 2.75) is 32.7 Å². The number of hydrazine groups is 1. The van der Waals surface area contributed by atoms with Gasteiger partial charge in [0.15, 0.2) is 5.11 Å². The Balaban J connectivity index is 1.48. The minimum atomic E-state index is 0.160. The van der Waals surface area contributed by atoms with Crippen LogP contribution in [0.1, 0.15) is 31.9 Å². The van der Waals surface area contributed by atoms with Gasteiger partial charge in [0, 0.05) is 12.2 Å². The maximum absolute atomic E-state index is 5.39. The molecule has 4 nitrogen and oxygen atoms in total. The van der Waals surface area contributed by atoms with Gasteiger partial charge in [-0.1, -0.05) is 51.1 Å². The highest BCUT2D eigenvalue weighted by Gasteiger charge is 2.17. The zero-order chi connectivity index (χ0) is 17.2. The van der Waals surface area contributed by atoms with Crippen molar-refractivity contribution in [1.29, 1.82) is 0 Å². The fourth-order valence-corrected chi connectivity index (χ4v) is 2.86. The summed E-state index contributed by atoms with van der Waals surface area (Å²) >= 11 is 5.39. The molecule has 3 rings (SSSR count). The van der Waals surface area contributed by atoms with Crippen LogP contribution >= 0.6 is 12.2 Å². The number of fused-ring (bicyclic) bond motifs is 1. The Labute approximate surface area is 149 Å². The SMILES string of the molecule is CC(C)(C)c1ccc(NC(=S)NCN2Cc3ccccc3N2)cc1. The van der Waals surface area contributed by atoms with Crippen LogP contribution < -0.4 is 16.1 Å². The Morgan fingerprint density at radius 1 is 1.12 bits per heavy atom. The molecule has 1 aliphatic rings. The number of para-hydroxylation sites is 1. The molecule has 0 radical (unpaired) electrons. The van der Waals surface area contributed by atoms with E-state index in [4.69, 9.17) is 12.2 Å². The van der Waals surface area contributed by atoms with Crippen LogP contribution in [0.4, 0.5) is 11.4 Å². The zero-order valence-corrected chi connectivity index (χ0v) is 15.2. The number of nitrogens with one attached hydrogen (secondary N) is 3. The molecular weight excluding hydrogens is 316 g/mol. The van der Waals surface area contributed by atoms with Gasteiger partial charge in [-0.3, -0.25) is 0 Å². The average molecular weight is 340 g/mol. The van der Waals surface area contributed by atoms with Gasteiger partial charge in [0.2, 0.25) is 0 Å². The lowest BCUT2D eigenvalue weighted by Crippen LogP contribution is -2.39. The number of hydrogen-bond acceptors (Lipinski definition) is 3. The number of hydrogen-bond donors (Lipinski definition) is 3. The maximum Gasteiger partial charge on any atom is 0.171 e. The van der Waals surface area contributed by atoms with Crippen molar-refractivity contribution in [3.63, 3.8) is 0 Å². The van der Waals surface area contributed by atoms with Gasteiger partial charge in [0.1, 0.15) is 0 Å². The Kier molecular flexibility index (Phi) is 4.73. The highest BCUT2D eigenvalue weighted by atomic mass is 32.1. The Hall–Kier alpha value is -2.11. The first-order valence-electron chi connectivity index (χ1n) is 8.17. The van der Waals surface area contributed by atoms with E-state index < -0.39 is 0 Å². The van der Waals surface area contributed by atoms with E-state index in [2.05, 4.69) is 84.3 Å². The van der Waals surface area contributed by atoms with E-state index in [1.807, 2.05) is 6.07 Å². The van der Waals surface area contributed by atoms with E-state index in [0.717, 1.165) is 17.9 Å². The van der Waals surface area contributed by atoms with Gasteiger partial charge in [-0.05, 0) is 47.0 Å². The lowest BCUT2D eigenvalue weighted by molar-refractivity contribution is 0.337. The predicted molar refractivity (Wildman–Crippen MR) is 105 cm³/mol. The van der Waals surface area contributed by atoms with Crippen molar-refractivity contribution in [3.8, 4) is 0 Å². The summed E-state index contributed by atoms with van der Waals surface area (Å²) in [6.07, 6.45) is 0. The third kappa shape index (κ3) is 4.04. The molecule has 0 atom stereocenters. The number of benzene rings is 2. The maximum atomic E-state index is 5.39. The minimum Gasteiger partial charge on any atom is -0.348 e. The van der Waals surface area contributed by atoms with Gasteiger partial charge in [-0.15, -0.1) is 0 Å². The van der Waals surface area contributed by atoms with E-state index in [9.17, 15) is 0 Å². The highest BCUT2D eigenvalue weighted by Crippen LogP contribution is 2.24. The van der Waals surface area contributed by atoms with Gasteiger partial charge in [0.05, 0.1) is 12.4 Å². The topological polar surface area (TPSA) is 39.3 Å². The molecule has 0 saturated carbocycles. The summed E-state index contributed by atoms with van der Waals surface area (Å²) in [4.78, 5) is 0. The van der Waals surface area contributed by atoms with Gasteiger partial charge in [0.25, 0.3) is 0 Å². The second kappa shape index (κ2) is 6.79. The second-order valence-electron chi connectivity index (χ2n) is 7.08. The normalized spacial score (nSPS) is 14.0.